The van der Waals surface area contributed by atoms with Crippen LogP contribution in [0.3, 0.4) is 0 Å². The van der Waals surface area contributed by atoms with E-state index in [1.165, 1.54) is 18.2 Å². The predicted molar refractivity (Wildman–Crippen MR) is 82.6 cm³/mol. The average molecular weight is 277 g/mol. The van der Waals surface area contributed by atoms with E-state index in [0.29, 0.717) is 0 Å². The van der Waals surface area contributed by atoms with Crippen LogP contribution in [0.2, 0.25) is 0 Å². The molecule has 1 unspecified atom stereocenters. The molecule has 0 fully saturated rings. The Balaban J connectivity index is 2.85. The molecular weight excluding hydrogens is 250 g/mol. The van der Waals surface area contributed by atoms with Crippen LogP contribution in [0.25, 0.3) is 0 Å². The van der Waals surface area contributed by atoms with E-state index in [2.05, 4.69) is 43.4 Å². The number of methoxy groups -OCH3 is 1. The first-order valence-electron chi connectivity index (χ1n) is 7.46. The zero-order valence-corrected chi connectivity index (χ0v) is 13.3. The summed E-state index contributed by atoms with van der Waals surface area (Å²) in [6.07, 6.45) is 1.98. The molecule has 20 heavy (non-hydrogen) atoms. The van der Waals surface area contributed by atoms with Gasteiger partial charge in [0.05, 0.1) is 7.11 Å². The van der Waals surface area contributed by atoms with E-state index in [1.54, 1.807) is 0 Å². The van der Waals surface area contributed by atoms with Crippen LogP contribution in [0.5, 0.6) is 0 Å². The molecule has 0 bridgehead atoms. The molecule has 0 amide bonds. The summed E-state index contributed by atoms with van der Waals surface area (Å²) in [6.45, 7) is 8.33. The SMILES string of the molecule is CCc1ccc(C(CC)N[C@H](C(=O)OC)C(C)C)cc1. The smallest absolute Gasteiger partial charge is 0.323 e. The van der Waals surface area contributed by atoms with Gasteiger partial charge < -0.3 is 4.74 Å². The average Bonchev–Trinajstić information content (AvgIpc) is 2.47. The van der Waals surface area contributed by atoms with Crippen molar-refractivity contribution < 1.29 is 9.53 Å². The summed E-state index contributed by atoms with van der Waals surface area (Å²) < 4.78 is 4.89. The summed E-state index contributed by atoms with van der Waals surface area (Å²) in [5.74, 6) is 0.00930. The highest BCUT2D eigenvalue weighted by Crippen LogP contribution is 2.20. The molecule has 3 heteroatoms. The van der Waals surface area contributed by atoms with Crippen LogP contribution < -0.4 is 5.32 Å². The fourth-order valence-corrected chi connectivity index (χ4v) is 2.31. The van der Waals surface area contributed by atoms with E-state index < -0.39 is 0 Å². The Morgan fingerprint density at radius 3 is 2.20 bits per heavy atom. The van der Waals surface area contributed by atoms with Gasteiger partial charge in [-0.3, -0.25) is 10.1 Å². The Morgan fingerprint density at radius 2 is 1.80 bits per heavy atom. The van der Waals surface area contributed by atoms with Gasteiger partial charge in [0.1, 0.15) is 6.04 Å². The van der Waals surface area contributed by atoms with Gasteiger partial charge in [0.25, 0.3) is 0 Å². The van der Waals surface area contributed by atoms with Crippen LogP contribution in [0.4, 0.5) is 0 Å². The second-order valence-electron chi connectivity index (χ2n) is 5.47. The van der Waals surface area contributed by atoms with Gasteiger partial charge >= 0.3 is 5.97 Å². The number of rotatable bonds is 7. The first-order chi connectivity index (χ1) is 9.53. The molecule has 0 saturated carbocycles. The third kappa shape index (κ3) is 4.34. The number of benzene rings is 1. The van der Waals surface area contributed by atoms with Crippen LogP contribution in [-0.2, 0) is 16.0 Å². The third-order valence-electron chi connectivity index (χ3n) is 3.70. The van der Waals surface area contributed by atoms with E-state index in [4.69, 9.17) is 4.74 Å². The zero-order chi connectivity index (χ0) is 15.1. The van der Waals surface area contributed by atoms with Crippen molar-refractivity contribution in [1.29, 1.82) is 0 Å². The van der Waals surface area contributed by atoms with Crippen molar-refractivity contribution in [1.82, 2.24) is 5.32 Å². The number of carbonyl (C=O) groups excluding carboxylic acids is 1. The Hall–Kier alpha value is -1.35. The van der Waals surface area contributed by atoms with Gasteiger partial charge in [0, 0.05) is 6.04 Å². The summed E-state index contributed by atoms with van der Waals surface area (Å²) in [4.78, 5) is 11.9. The maximum atomic E-state index is 11.9. The quantitative estimate of drug-likeness (QED) is 0.775. The van der Waals surface area contributed by atoms with Gasteiger partial charge in [0.15, 0.2) is 0 Å². The lowest BCUT2D eigenvalue weighted by atomic mass is 9.98. The summed E-state index contributed by atoms with van der Waals surface area (Å²) >= 11 is 0. The molecule has 0 saturated heterocycles. The van der Waals surface area contributed by atoms with Gasteiger partial charge in [-0.05, 0) is 29.9 Å². The van der Waals surface area contributed by atoms with Crippen LogP contribution >= 0.6 is 0 Å². The lowest BCUT2D eigenvalue weighted by Gasteiger charge is -2.26. The van der Waals surface area contributed by atoms with Crippen molar-refractivity contribution in [2.24, 2.45) is 5.92 Å². The van der Waals surface area contributed by atoms with E-state index in [-0.39, 0.29) is 24.0 Å². The number of esters is 1. The molecule has 0 radical (unpaired) electrons. The molecule has 1 rings (SSSR count). The van der Waals surface area contributed by atoms with E-state index in [9.17, 15) is 4.79 Å². The standard InChI is InChI=1S/C17H27NO2/c1-6-13-8-10-14(11-9-13)15(7-2)18-16(12(3)4)17(19)20-5/h8-12,15-16,18H,6-7H2,1-5H3/t15?,16-/m0/s1. The van der Waals surface area contributed by atoms with E-state index in [0.717, 1.165) is 12.8 Å². The molecule has 0 aliphatic carbocycles. The zero-order valence-electron chi connectivity index (χ0n) is 13.3. The van der Waals surface area contributed by atoms with E-state index >= 15 is 0 Å². The second-order valence-corrected chi connectivity index (χ2v) is 5.47. The predicted octanol–water partition coefficient (Wildman–Crippen LogP) is 3.49. The topological polar surface area (TPSA) is 38.3 Å². The third-order valence-corrected chi connectivity index (χ3v) is 3.70. The van der Waals surface area contributed by atoms with Crippen LogP contribution in [-0.4, -0.2) is 19.1 Å². The Kier molecular flexibility index (Phi) is 6.73. The van der Waals surface area contributed by atoms with Crippen LogP contribution in [0.15, 0.2) is 24.3 Å². The number of hydrogen-bond acceptors (Lipinski definition) is 3. The monoisotopic (exact) mass is 277 g/mol. The molecule has 1 aromatic rings. The molecular formula is C17H27NO2. The highest BCUT2D eigenvalue weighted by molar-refractivity contribution is 5.76. The molecule has 0 aromatic heterocycles. The van der Waals surface area contributed by atoms with Crippen molar-refractivity contribution in [3.05, 3.63) is 35.4 Å². The fourth-order valence-electron chi connectivity index (χ4n) is 2.31. The highest BCUT2D eigenvalue weighted by Gasteiger charge is 2.25. The number of aryl methyl sites for hydroxylation is 1. The highest BCUT2D eigenvalue weighted by atomic mass is 16.5. The number of nitrogens with one attached hydrogen (secondary N) is 1. The summed E-state index contributed by atoms with van der Waals surface area (Å²) in [6, 6.07) is 8.51. The first-order valence-corrected chi connectivity index (χ1v) is 7.46. The van der Waals surface area contributed by atoms with Crippen molar-refractivity contribution in [2.45, 2.75) is 52.6 Å². The molecule has 112 valence electrons. The molecule has 0 aliphatic rings. The van der Waals surface area contributed by atoms with Crippen molar-refractivity contribution >= 4 is 5.97 Å². The lowest BCUT2D eigenvalue weighted by molar-refractivity contribution is -0.144. The van der Waals surface area contributed by atoms with Crippen molar-refractivity contribution in [3.63, 3.8) is 0 Å². The summed E-state index contributed by atoms with van der Waals surface area (Å²) in [5.41, 5.74) is 2.55. The minimum absolute atomic E-state index is 0.174. The van der Waals surface area contributed by atoms with Gasteiger partial charge in [-0.1, -0.05) is 52.0 Å². The molecule has 0 aliphatic heterocycles. The van der Waals surface area contributed by atoms with Gasteiger partial charge in [-0.25, -0.2) is 0 Å². The van der Waals surface area contributed by atoms with Crippen LogP contribution in [0.1, 0.15) is 51.3 Å². The number of carbonyl (C=O) groups is 1. The Bertz CT molecular complexity index is 412. The first kappa shape index (κ1) is 16.7. The summed E-state index contributed by atoms with van der Waals surface area (Å²) in [7, 11) is 1.44. The lowest BCUT2D eigenvalue weighted by Crippen LogP contribution is -2.43. The van der Waals surface area contributed by atoms with Crippen LogP contribution in [0, 0.1) is 5.92 Å². The second kappa shape index (κ2) is 8.05. The number of hydrogen-bond donors (Lipinski definition) is 1. The van der Waals surface area contributed by atoms with Crippen molar-refractivity contribution in [3.8, 4) is 0 Å². The largest absolute Gasteiger partial charge is 0.468 e. The molecule has 0 spiro atoms. The normalized spacial score (nSPS) is 14.1. The fraction of sp³-hybridized carbons (Fsp3) is 0.588. The molecule has 2 atom stereocenters. The van der Waals surface area contributed by atoms with Gasteiger partial charge in [0.2, 0.25) is 0 Å². The molecule has 1 aromatic carbocycles. The van der Waals surface area contributed by atoms with Crippen molar-refractivity contribution in [2.75, 3.05) is 7.11 Å². The molecule has 0 heterocycles. The van der Waals surface area contributed by atoms with E-state index in [1.807, 2.05) is 13.8 Å². The Labute approximate surface area is 122 Å². The molecule has 3 nitrogen and oxygen atoms in total. The van der Waals surface area contributed by atoms with Gasteiger partial charge in [-0.15, -0.1) is 0 Å². The molecule has 1 N–H and O–H groups in total. The number of ether oxygens (including phenoxy) is 1. The Morgan fingerprint density at radius 1 is 1.20 bits per heavy atom. The van der Waals surface area contributed by atoms with Gasteiger partial charge in [-0.2, -0.15) is 0 Å². The summed E-state index contributed by atoms with van der Waals surface area (Å²) in [5, 5.41) is 3.43. The minimum Gasteiger partial charge on any atom is -0.468 e. The maximum absolute atomic E-state index is 11.9. The maximum Gasteiger partial charge on any atom is 0.323 e. The minimum atomic E-state index is -0.268.